The van der Waals surface area contributed by atoms with Crippen LogP contribution in [0.4, 0.5) is 0 Å². The average molecular weight is 950 g/mol. The van der Waals surface area contributed by atoms with Gasteiger partial charge < -0.3 is 23.3 Å². The van der Waals surface area contributed by atoms with Crippen molar-refractivity contribution in [2.75, 3.05) is 13.2 Å². The Morgan fingerprint density at radius 2 is 1.10 bits per heavy atom. The predicted molar refractivity (Wildman–Crippen MR) is 276 cm³/mol. The average Bonchev–Trinajstić information content (AvgIpc) is 4.29. The number of hydrogen-bond acceptors (Lipinski definition) is 11. The fourth-order valence-electron chi connectivity index (χ4n) is 9.35. The number of furan rings is 2. The van der Waals surface area contributed by atoms with Crippen LogP contribution in [0.25, 0.3) is 89.2 Å². The minimum Gasteiger partial charge on any atom is -0.490 e. The first kappa shape index (κ1) is 43.9. The molecular weight excluding hydrogens is 903 g/mol. The van der Waals surface area contributed by atoms with Crippen LogP contribution >= 0.6 is 0 Å². The van der Waals surface area contributed by atoms with Gasteiger partial charge >= 0.3 is 0 Å². The maximum atomic E-state index is 7.39. The van der Waals surface area contributed by atoms with Gasteiger partial charge in [-0.15, -0.1) is 0 Å². The number of aromatic amines is 4. The molecule has 0 spiro atoms. The molecule has 6 N–H and O–H groups in total. The fraction of sp³-hybridized carbons (Fsp3) is 0.105. The lowest BCUT2D eigenvalue weighted by Crippen LogP contribution is -2.54. The third-order valence-electron chi connectivity index (χ3n) is 13.0. The van der Waals surface area contributed by atoms with Crippen molar-refractivity contribution in [3.8, 4) is 78.9 Å². The molecule has 0 saturated heterocycles. The summed E-state index contributed by atoms with van der Waals surface area (Å²) >= 11 is 0. The van der Waals surface area contributed by atoms with Gasteiger partial charge in [0.15, 0.2) is 0 Å². The Kier molecular flexibility index (Phi) is 12.0. The fourth-order valence-corrected chi connectivity index (χ4v) is 9.35. The minimum absolute atomic E-state index is 0.250. The van der Waals surface area contributed by atoms with E-state index in [0.717, 1.165) is 100 Å². The molecular formula is C57H47N11O4. The predicted octanol–water partition coefficient (Wildman–Crippen LogP) is 11.3. The summed E-state index contributed by atoms with van der Waals surface area (Å²) in [7, 11) is 0. The van der Waals surface area contributed by atoms with Crippen molar-refractivity contribution in [1.82, 2.24) is 50.6 Å². The van der Waals surface area contributed by atoms with Gasteiger partial charge in [0.2, 0.25) is 0 Å². The number of aromatic nitrogens is 9. The highest BCUT2D eigenvalue weighted by atomic mass is 16.5. The Hall–Kier alpha value is -9.31. The Morgan fingerprint density at radius 1 is 0.542 bits per heavy atom. The third kappa shape index (κ3) is 9.04. The molecule has 0 aliphatic carbocycles. The van der Waals surface area contributed by atoms with Crippen molar-refractivity contribution in [2.24, 2.45) is 5.84 Å². The lowest BCUT2D eigenvalue weighted by atomic mass is 9.98. The first-order chi connectivity index (χ1) is 35.6. The van der Waals surface area contributed by atoms with Crippen LogP contribution in [0, 0.1) is 0 Å². The van der Waals surface area contributed by atoms with Crippen LogP contribution in [0.2, 0.25) is 0 Å². The molecule has 354 valence electrons. The largest absolute Gasteiger partial charge is 0.490 e. The first-order valence-corrected chi connectivity index (χ1v) is 23.6. The van der Waals surface area contributed by atoms with Crippen molar-refractivity contribution in [3.63, 3.8) is 0 Å². The van der Waals surface area contributed by atoms with Crippen LogP contribution in [-0.2, 0) is 12.8 Å². The molecule has 0 amide bonds. The standard InChI is InChI=1S/C57H47N11O4/c58-68(43(22-36-8-3-1-4-9-36)34-71-45-26-47(54(60-30-45)40-17-20-69-32-40)38-13-15-51-49(24-38)56(66-64-51)42-28-62-63-29-42)44(23-37-10-5-2-6-11-37)35-72-46-27-48(55(61-31-46)41-18-21-70-33-41)39-14-16-52-50(25-39)57(67-65-52)53-12-7-19-59-53/h1-21,24-33,43-44,59H,22-23,34-35,58H2,(H,62,63)(H,64,66)(H,65,67)/t43-,44-/m0/s1. The molecule has 0 radical (unpaired) electrons. The van der Waals surface area contributed by atoms with Crippen molar-refractivity contribution in [1.29, 1.82) is 0 Å². The summed E-state index contributed by atoms with van der Waals surface area (Å²) in [5.41, 5.74) is 14.3. The number of nitrogens with two attached hydrogens (primary N) is 1. The summed E-state index contributed by atoms with van der Waals surface area (Å²) in [5.74, 6) is 8.58. The van der Waals surface area contributed by atoms with E-state index in [2.05, 4.69) is 84.1 Å². The van der Waals surface area contributed by atoms with E-state index in [1.807, 2.05) is 102 Å². The number of fused-ring (bicyclic) bond motifs is 2. The Labute approximate surface area is 412 Å². The van der Waals surface area contributed by atoms with Gasteiger partial charge in [0.05, 0.1) is 83.8 Å². The molecule has 0 bridgehead atoms. The van der Waals surface area contributed by atoms with E-state index in [4.69, 9.17) is 34.1 Å². The second-order valence-corrected chi connectivity index (χ2v) is 17.7. The maximum Gasteiger partial charge on any atom is 0.138 e. The number of nitrogens with one attached hydrogen (secondary N) is 4. The summed E-state index contributed by atoms with van der Waals surface area (Å²) in [5, 5.41) is 26.4. The van der Waals surface area contributed by atoms with Crippen molar-refractivity contribution in [3.05, 3.63) is 201 Å². The minimum atomic E-state index is -0.297. The van der Waals surface area contributed by atoms with Gasteiger partial charge in [-0.05, 0) is 95.8 Å². The molecule has 0 aliphatic rings. The molecule has 15 heteroatoms. The van der Waals surface area contributed by atoms with E-state index in [0.29, 0.717) is 24.3 Å². The van der Waals surface area contributed by atoms with Crippen molar-refractivity contribution in [2.45, 2.75) is 24.9 Å². The van der Waals surface area contributed by atoms with Crippen LogP contribution in [-0.4, -0.2) is 75.9 Å². The highest BCUT2D eigenvalue weighted by Crippen LogP contribution is 2.39. The molecule has 12 aromatic rings. The SMILES string of the molecule is NN([C@H](COc1cnc(-c2ccoc2)c(-c2ccc3[nH]nc(-c4cn[nH]c4)c3c2)c1)Cc1ccccc1)[C@H](COc1cnc(-c2ccoc2)c(-c2ccc3[nH]nc(-c4ccc[nH]4)c3c2)c1)Cc1ccccc1. The molecule has 0 saturated carbocycles. The number of H-pyrrole nitrogens is 4. The number of benzene rings is 4. The normalized spacial score (nSPS) is 12.5. The first-order valence-electron chi connectivity index (χ1n) is 23.6. The van der Waals surface area contributed by atoms with Crippen molar-refractivity contribution >= 4 is 21.8 Å². The zero-order valence-corrected chi connectivity index (χ0v) is 38.8. The van der Waals surface area contributed by atoms with Crippen LogP contribution in [0.1, 0.15) is 11.1 Å². The van der Waals surface area contributed by atoms with E-state index < -0.39 is 0 Å². The molecule has 0 aliphatic heterocycles. The summed E-state index contributed by atoms with van der Waals surface area (Å²) < 4.78 is 24.6. The number of nitrogens with zero attached hydrogens (tertiary/aromatic N) is 6. The van der Waals surface area contributed by atoms with Crippen molar-refractivity contribution < 1.29 is 18.3 Å². The van der Waals surface area contributed by atoms with Gasteiger partial charge in [-0.25, -0.2) is 5.01 Å². The summed E-state index contributed by atoms with van der Waals surface area (Å²) in [6.07, 6.45) is 16.9. The van der Waals surface area contributed by atoms with Gasteiger partial charge in [0.1, 0.15) is 36.1 Å². The zero-order valence-electron chi connectivity index (χ0n) is 38.8. The maximum absolute atomic E-state index is 7.39. The third-order valence-corrected chi connectivity index (χ3v) is 13.0. The quantitative estimate of drug-likeness (QED) is 0.0405. The van der Waals surface area contributed by atoms with Gasteiger partial charge in [-0.2, -0.15) is 15.3 Å². The van der Waals surface area contributed by atoms with E-state index >= 15 is 0 Å². The smallest absolute Gasteiger partial charge is 0.138 e. The van der Waals surface area contributed by atoms with Gasteiger partial charge in [-0.3, -0.25) is 31.1 Å². The zero-order chi connectivity index (χ0) is 48.2. The van der Waals surface area contributed by atoms with Crippen LogP contribution in [0.3, 0.4) is 0 Å². The highest BCUT2D eigenvalue weighted by molar-refractivity contribution is 5.98. The topological polar surface area (TPSA) is 202 Å². The van der Waals surface area contributed by atoms with Gasteiger partial charge in [0.25, 0.3) is 0 Å². The molecule has 8 aromatic heterocycles. The molecule has 0 fully saturated rings. The molecule has 0 unspecified atom stereocenters. The second kappa shape index (κ2) is 19.6. The molecule has 12 rings (SSSR count). The van der Waals surface area contributed by atoms with Crippen LogP contribution < -0.4 is 15.3 Å². The summed E-state index contributed by atoms with van der Waals surface area (Å²) in [6, 6.07) is 44.4. The molecule has 72 heavy (non-hydrogen) atoms. The number of hydrazine groups is 1. The number of pyridine rings is 2. The summed E-state index contributed by atoms with van der Waals surface area (Å²) in [6.45, 7) is 0.503. The van der Waals surface area contributed by atoms with Gasteiger partial charge in [-0.1, -0.05) is 72.8 Å². The lowest BCUT2D eigenvalue weighted by molar-refractivity contribution is 0.0632. The van der Waals surface area contributed by atoms with Crippen LogP contribution in [0.5, 0.6) is 11.5 Å². The molecule has 8 heterocycles. The lowest BCUT2D eigenvalue weighted by Gasteiger charge is -2.34. The molecule has 4 aromatic carbocycles. The Morgan fingerprint density at radius 3 is 1.60 bits per heavy atom. The Bertz CT molecular complexity index is 3440. The number of hydrogen-bond donors (Lipinski definition) is 5. The number of rotatable bonds is 18. The summed E-state index contributed by atoms with van der Waals surface area (Å²) in [4.78, 5) is 13.2. The van der Waals surface area contributed by atoms with E-state index in [-0.39, 0.29) is 25.3 Å². The van der Waals surface area contributed by atoms with Crippen LogP contribution in [0.15, 0.2) is 198 Å². The van der Waals surface area contributed by atoms with E-state index in [1.165, 1.54) is 0 Å². The van der Waals surface area contributed by atoms with Gasteiger partial charge in [0, 0.05) is 51.0 Å². The highest BCUT2D eigenvalue weighted by Gasteiger charge is 2.27. The number of ether oxygens (including phenoxy) is 2. The van der Waals surface area contributed by atoms with E-state index in [9.17, 15) is 0 Å². The molecule has 15 nitrogen and oxygen atoms in total. The molecule has 2 atom stereocenters. The second-order valence-electron chi connectivity index (χ2n) is 17.7. The monoisotopic (exact) mass is 949 g/mol. The Balaban J connectivity index is 0.860. The van der Waals surface area contributed by atoms with E-state index in [1.54, 1.807) is 43.6 Å².